The van der Waals surface area contributed by atoms with Gasteiger partial charge in [-0.25, -0.2) is 0 Å². The summed E-state index contributed by atoms with van der Waals surface area (Å²) in [6.07, 6.45) is 1.59. The Labute approximate surface area is 159 Å². The van der Waals surface area contributed by atoms with Crippen LogP contribution >= 0.6 is 23.4 Å². The lowest BCUT2D eigenvalue weighted by molar-refractivity contribution is -0.122. The first-order valence-electron chi connectivity index (χ1n) is 7.60. The highest BCUT2D eigenvalue weighted by atomic mass is 35.5. The molecule has 1 aliphatic rings. The molecule has 1 heterocycles. The zero-order valence-electron chi connectivity index (χ0n) is 13.7. The molecule has 0 atom stereocenters. The lowest BCUT2D eigenvalue weighted by Crippen LogP contribution is -2.33. The number of nitrogens with zero attached hydrogens (tertiary/aromatic N) is 1. The second-order valence-corrected chi connectivity index (χ2v) is 6.81. The van der Waals surface area contributed by atoms with Crippen molar-refractivity contribution < 1.29 is 19.4 Å². The molecule has 0 unspecified atom stereocenters. The third-order valence-electron chi connectivity index (χ3n) is 3.66. The topological polar surface area (TPSA) is 78.9 Å². The number of nitrogens with one attached hydrogen (secondary N) is 1. The number of halogens is 1. The van der Waals surface area contributed by atoms with Gasteiger partial charge in [0, 0.05) is 10.7 Å². The summed E-state index contributed by atoms with van der Waals surface area (Å²) in [4.78, 5) is 26.1. The smallest absolute Gasteiger partial charge is 0.295 e. The number of rotatable bonds is 5. The Bertz CT molecular complexity index is 883. The van der Waals surface area contributed by atoms with Gasteiger partial charge in [0.15, 0.2) is 11.5 Å². The van der Waals surface area contributed by atoms with Gasteiger partial charge in [-0.3, -0.25) is 14.5 Å². The van der Waals surface area contributed by atoms with Crippen LogP contribution in [0.25, 0.3) is 6.08 Å². The number of aromatic hydroxyl groups is 1. The molecule has 0 aliphatic carbocycles. The molecule has 0 spiro atoms. The van der Waals surface area contributed by atoms with Crippen molar-refractivity contribution in [2.45, 2.75) is 0 Å². The van der Waals surface area contributed by atoms with E-state index in [0.717, 1.165) is 22.3 Å². The van der Waals surface area contributed by atoms with Gasteiger partial charge in [0.05, 0.1) is 18.7 Å². The summed E-state index contributed by atoms with van der Waals surface area (Å²) in [5, 5.41) is 12.9. The van der Waals surface area contributed by atoms with E-state index in [1.54, 1.807) is 42.5 Å². The van der Waals surface area contributed by atoms with E-state index in [-0.39, 0.29) is 23.6 Å². The van der Waals surface area contributed by atoms with Crippen molar-refractivity contribution in [2.75, 3.05) is 19.1 Å². The van der Waals surface area contributed by atoms with Crippen molar-refractivity contribution in [1.82, 2.24) is 4.90 Å². The van der Waals surface area contributed by atoms with Crippen LogP contribution in [0.4, 0.5) is 10.5 Å². The number of carbonyl (C=O) groups is 2. The minimum absolute atomic E-state index is 0.00455. The number of amides is 2. The first kappa shape index (κ1) is 18.2. The molecule has 1 aliphatic heterocycles. The number of hydrogen-bond donors (Lipinski definition) is 2. The average Bonchev–Trinajstić information content (AvgIpc) is 2.89. The number of hydrogen-bond acceptors (Lipinski definition) is 6. The van der Waals surface area contributed by atoms with E-state index in [1.165, 1.54) is 13.2 Å². The SMILES string of the molecule is COc1cc(C=C2SC(=O)N(CNc3ccc(Cl)cc3)C2=O)ccc1O. The molecule has 8 heteroatoms. The molecular formula is C18H15ClN2O4S. The molecule has 1 saturated heterocycles. The van der Waals surface area contributed by atoms with Crippen molar-refractivity contribution in [3.63, 3.8) is 0 Å². The molecular weight excluding hydrogens is 376 g/mol. The van der Waals surface area contributed by atoms with Gasteiger partial charge in [-0.15, -0.1) is 0 Å². The van der Waals surface area contributed by atoms with E-state index in [9.17, 15) is 14.7 Å². The van der Waals surface area contributed by atoms with Crippen LogP contribution in [0.3, 0.4) is 0 Å². The molecule has 2 aromatic carbocycles. The second kappa shape index (κ2) is 7.72. The molecule has 3 rings (SSSR count). The largest absolute Gasteiger partial charge is 0.504 e. The number of carbonyl (C=O) groups excluding carboxylic acids is 2. The van der Waals surface area contributed by atoms with Crippen LogP contribution < -0.4 is 10.1 Å². The Morgan fingerprint density at radius 3 is 2.65 bits per heavy atom. The van der Waals surface area contributed by atoms with Gasteiger partial charge in [0.25, 0.3) is 11.1 Å². The summed E-state index contributed by atoms with van der Waals surface area (Å²) in [7, 11) is 1.44. The highest BCUT2D eigenvalue weighted by Gasteiger charge is 2.34. The van der Waals surface area contributed by atoms with Crippen LogP contribution in [0.15, 0.2) is 47.4 Å². The van der Waals surface area contributed by atoms with E-state index in [2.05, 4.69) is 5.32 Å². The van der Waals surface area contributed by atoms with Gasteiger partial charge in [-0.05, 0) is 59.8 Å². The summed E-state index contributed by atoms with van der Waals surface area (Å²) < 4.78 is 5.05. The number of phenolic OH excluding ortho intramolecular Hbond substituents is 1. The quantitative estimate of drug-likeness (QED) is 0.746. The molecule has 1 fully saturated rings. The summed E-state index contributed by atoms with van der Waals surface area (Å²) in [5.74, 6) is -0.0826. The van der Waals surface area contributed by atoms with E-state index in [4.69, 9.17) is 16.3 Å². The van der Waals surface area contributed by atoms with Crippen molar-refractivity contribution in [1.29, 1.82) is 0 Å². The summed E-state index contributed by atoms with van der Waals surface area (Å²) in [6.45, 7) is 0.0581. The van der Waals surface area contributed by atoms with E-state index >= 15 is 0 Å². The standard InChI is InChI=1S/C18H15ClN2O4S/c1-25-15-8-11(2-7-14(15)22)9-16-17(23)21(18(24)26-16)10-20-13-5-3-12(19)4-6-13/h2-9,20,22H,10H2,1H3. The Hall–Kier alpha value is -2.64. The average molecular weight is 391 g/mol. The van der Waals surface area contributed by atoms with Gasteiger partial charge < -0.3 is 15.2 Å². The first-order valence-corrected chi connectivity index (χ1v) is 8.79. The van der Waals surface area contributed by atoms with Crippen LogP contribution in [0.1, 0.15) is 5.56 Å². The van der Waals surface area contributed by atoms with Gasteiger partial charge in [-0.2, -0.15) is 0 Å². The summed E-state index contributed by atoms with van der Waals surface area (Å²) in [5.41, 5.74) is 1.40. The Morgan fingerprint density at radius 2 is 1.96 bits per heavy atom. The molecule has 6 nitrogen and oxygen atoms in total. The molecule has 2 aromatic rings. The number of ether oxygens (including phenoxy) is 1. The number of imide groups is 1. The molecule has 134 valence electrons. The summed E-state index contributed by atoms with van der Waals surface area (Å²) in [6, 6.07) is 11.7. The van der Waals surface area contributed by atoms with E-state index in [0.29, 0.717) is 21.2 Å². The number of anilines is 1. The van der Waals surface area contributed by atoms with Gasteiger partial charge in [0.1, 0.15) is 0 Å². The van der Waals surface area contributed by atoms with Crippen LogP contribution in [-0.4, -0.2) is 34.9 Å². The minimum Gasteiger partial charge on any atom is -0.504 e. The summed E-state index contributed by atoms with van der Waals surface area (Å²) >= 11 is 6.70. The lowest BCUT2D eigenvalue weighted by atomic mass is 10.2. The number of phenols is 1. The molecule has 2 N–H and O–H groups in total. The highest BCUT2D eigenvalue weighted by Crippen LogP contribution is 2.34. The number of thioether (sulfide) groups is 1. The zero-order chi connectivity index (χ0) is 18.7. The van der Waals surface area contributed by atoms with Crippen molar-refractivity contribution in [3.05, 3.63) is 58.0 Å². The molecule has 0 radical (unpaired) electrons. The number of benzene rings is 2. The first-order chi connectivity index (χ1) is 12.5. The molecule has 26 heavy (non-hydrogen) atoms. The van der Waals surface area contributed by atoms with Crippen LogP contribution in [0.2, 0.25) is 5.02 Å². The van der Waals surface area contributed by atoms with Crippen molar-refractivity contribution >= 4 is 46.3 Å². The zero-order valence-corrected chi connectivity index (χ0v) is 15.3. The minimum atomic E-state index is -0.381. The van der Waals surface area contributed by atoms with Gasteiger partial charge in [-0.1, -0.05) is 17.7 Å². The maximum Gasteiger partial charge on any atom is 0.295 e. The molecule has 0 bridgehead atoms. The molecule has 2 amide bonds. The van der Waals surface area contributed by atoms with E-state index < -0.39 is 0 Å². The third kappa shape index (κ3) is 3.95. The molecule has 0 saturated carbocycles. The monoisotopic (exact) mass is 390 g/mol. The number of methoxy groups -OCH3 is 1. The Morgan fingerprint density at radius 1 is 1.23 bits per heavy atom. The second-order valence-electron chi connectivity index (χ2n) is 5.38. The van der Waals surface area contributed by atoms with Crippen LogP contribution in [0.5, 0.6) is 11.5 Å². The van der Waals surface area contributed by atoms with Crippen LogP contribution in [-0.2, 0) is 4.79 Å². The Balaban J connectivity index is 1.72. The maximum atomic E-state index is 12.5. The van der Waals surface area contributed by atoms with Crippen molar-refractivity contribution in [2.24, 2.45) is 0 Å². The fraction of sp³-hybridized carbons (Fsp3) is 0.111. The Kier molecular flexibility index (Phi) is 5.39. The molecule has 0 aromatic heterocycles. The third-order valence-corrected chi connectivity index (χ3v) is 4.82. The predicted octanol–water partition coefficient (Wildman–Crippen LogP) is 4.16. The highest BCUT2D eigenvalue weighted by molar-refractivity contribution is 8.18. The van der Waals surface area contributed by atoms with Crippen molar-refractivity contribution in [3.8, 4) is 11.5 Å². The predicted molar refractivity (Wildman–Crippen MR) is 102 cm³/mol. The van der Waals surface area contributed by atoms with Crippen LogP contribution in [0, 0.1) is 0 Å². The van der Waals surface area contributed by atoms with Gasteiger partial charge in [0.2, 0.25) is 0 Å². The normalized spacial score (nSPS) is 15.6. The fourth-order valence-corrected chi connectivity index (χ4v) is 3.27. The van der Waals surface area contributed by atoms with Gasteiger partial charge >= 0.3 is 0 Å². The van der Waals surface area contributed by atoms with E-state index in [1.807, 2.05) is 0 Å². The lowest BCUT2D eigenvalue weighted by Gasteiger charge is -2.14. The fourth-order valence-electron chi connectivity index (χ4n) is 2.31. The maximum absolute atomic E-state index is 12.5.